The maximum Gasteiger partial charge on any atom is 0.224 e. The SMILES string of the molecule is Cc1ccc(CN2CCC3(CC2)CC(=O)N(C)Cc2ccccc2N3)cc1. The van der Waals surface area contributed by atoms with Crippen LogP contribution in [0.5, 0.6) is 0 Å². The molecule has 0 bridgehead atoms. The van der Waals surface area contributed by atoms with Gasteiger partial charge < -0.3 is 10.2 Å². The molecule has 2 aliphatic rings. The highest BCUT2D eigenvalue weighted by Gasteiger charge is 2.38. The first-order valence-corrected chi connectivity index (χ1v) is 9.91. The molecule has 4 heteroatoms. The standard InChI is InChI=1S/C23H29N3O/c1-18-7-9-19(10-8-18)16-26-13-11-23(12-14-26)15-22(27)25(2)17-20-5-3-4-6-21(20)24-23/h3-10,24H,11-17H2,1-2H3. The number of amides is 1. The smallest absolute Gasteiger partial charge is 0.224 e. The molecule has 142 valence electrons. The van der Waals surface area contributed by atoms with Gasteiger partial charge in [-0.2, -0.15) is 0 Å². The van der Waals surface area contributed by atoms with Gasteiger partial charge in [0, 0.05) is 50.9 Å². The Kier molecular flexibility index (Phi) is 4.92. The fraction of sp³-hybridized carbons (Fsp3) is 0.435. The molecule has 0 aliphatic carbocycles. The van der Waals surface area contributed by atoms with Crippen molar-refractivity contribution >= 4 is 11.6 Å². The molecule has 1 spiro atoms. The van der Waals surface area contributed by atoms with E-state index in [0.29, 0.717) is 13.0 Å². The van der Waals surface area contributed by atoms with Crippen LogP contribution < -0.4 is 5.32 Å². The lowest BCUT2D eigenvalue weighted by Crippen LogP contribution is -2.52. The zero-order chi connectivity index (χ0) is 18.9. The third-order valence-electron chi connectivity index (χ3n) is 6.08. The van der Waals surface area contributed by atoms with Crippen molar-refractivity contribution in [2.24, 2.45) is 0 Å². The monoisotopic (exact) mass is 363 g/mol. The Morgan fingerprint density at radius 1 is 1.04 bits per heavy atom. The van der Waals surface area contributed by atoms with Gasteiger partial charge in [-0.3, -0.25) is 9.69 Å². The summed E-state index contributed by atoms with van der Waals surface area (Å²) < 4.78 is 0. The second-order valence-electron chi connectivity index (χ2n) is 8.25. The van der Waals surface area contributed by atoms with E-state index in [1.54, 1.807) is 0 Å². The molecule has 4 nitrogen and oxygen atoms in total. The molecule has 1 amide bonds. The number of hydrogen-bond donors (Lipinski definition) is 1. The molecule has 1 saturated heterocycles. The zero-order valence-electron chi connectivity index (χ0n) is 16.4. The summed E-state index contributed by atoms with van der Waals surface area (Å²) in [7, 11) is 1.92. The van der Waals surface area contributed by atoms with Crippen molar-refractivity contribution in [3.05, 3.63) is 65.2 Å². The van der Waals surface area contributed by atoms with E-state index in [4.69, 9.17) is 0 Å². The molecule has 2 aromatic rings. The number of rotatable bonds is 2. The Bertz CT molecular complexity index is 807. The minimum atomic E-state index is -0.133. The number of likely N-dealkylation sites (tertiary alicyclic amines) is 1. The van der Waals surface area contributed by atoms with Crippen LogP contribution in [-0.2, 0) is 17.9 Å². The van der Waals surface area contributed by atoms with Gasteiger partial charge in [-0.25, -0.2) is 0 Å². The van der Waals surface area contributed by atoms with Crippen molar-refractivity contribution in [2.75, 3.05) is 25.5 Å². The third kappa shape index (κ3) is 4.01. The summed E-state index contributed by atoms with van der Waals surface area (Å²) in [5.41, 5.74) is 4.92. The molecule has 27 heavy (non-hydrogen) atoms. The summed E-state index contributed by atoms with van der Waals surface area (Å²) in [5.74, 6) is 0.240. The molecule has 2 heterocycles. The van der Waals surface area contributed by atoms with Gasteiger partial charge >= 0.3 is 0 Å². The van der Waals surface area contributed by atoms with Crippen molar-refractivity contribution in [1.29, 1.82) is 0 Å². The molecule has 0 radical (unpaired) electrons. The lowest BCUT2D eigenvalue weighted by molar-refractivity contribution is -0.132. The van der Waals surface area contributed by atoms with Crippen molar-refractivity contribution in [3.8, 4) is 0 Å². The van der Waals surface area contributed by atoms with E-state index in [1.165, 1.54) is 22.4 Å². The van der Waals surface area contributed by atoms with Crippen LogP contribution in [0.25, 0.3) is 0 Å². The van der Waals surface area contributed by atoms with E-state index in [-0.39, 0.29) is 11.4 Å². The minimum absolute atomic E-state index is 0.133. The third-order valence-corrected chi connectivity index (χ3v) is 6.08. The van der Waals surface area contributed by atoms with E-state index in [2.05, 4.69) is 65.7 Å². The summed E-state index contributed by atoms with van der Waals surface area (Å²) in [4.78, 5) is 17.1. The Balaban J connectivity index is 1.49. The van der Waals surface area contributed by atoms with Crippen molar-refractivity contribution < 1.29 is 4.79 Å². The first-order valence-electron chi connectivity index (χ1n) is 9.91. The topological polar surface area (TPSA) is 35.6 Å². The van der Waals surface area contributed by atoms with Crippen LogP contribution in [0.1, 0.15) is 36.0 Å². The van der Waals surface area contributed by atoms with Crippen LogP contribution in [0.3, 0.4) is 0 Å². The number of hydrogen-bond acceptors (Lipinski definition) is 3. The van der Waals surface area contributed by atoms with Gasteiger partial charge in [0.2, 0.25) is 5.91 Å². The Morgan fingerprint density at radius 2 is 1.74 bits per heavy atom. The largest absolute Gasteiger partial charge is 0.379 e. The molecular formula is C23H29N3O. The fourth-order valence-electron chi connectivity index (χ4n) is 4.27. The molecule has 2 aromatic carbocycles. The fourth-order valence-corrected chi connectivity index (χ4v) is 4.27. The molecular weight excluding hydrogens is 334 g/mol. The average molecular weight is 364 g/mol. The zero-order valence-corrected chi connectivity index (χ0v) is 16.4. The lowest BCUT2D eigenvalue weighted by Gasteiger charge is -2.45. The van der Waals surface area contributed by atoms with Crippen molar-refractivity contribution in [1.82, 2.24) is 9.80 Å². The van der Waals surface area contributed by atoms with Crippen molar-refractivity contribution in [2.45, 2.75) is 44.8 Å². The van der Waals surface area contributed by atoms with Gasteiger partial charge in [-0.1, -0.05) is 48.0 Å². The van der Waals surface area contributed by atoms with Crippen LogP contribution in [0.2, 0.25) is 0 Å². The average Bonchev–Trinajstić information content (AvgIpc) is 2.66. The number of piperidine rings is 1. The molecule has 1 N–H and O–H groups in total. The van der Waals surface area contributed by atoms with Gasteiger partial charge in [-0.05, 0) is 37.0 Å². The maximum absolute atomic E-state index is 12.7. The first kappa shape index (κ1) is 18.1. The number of para-hydroxylation sites is 1. The number of aryl methyl sites for hydroxylation is 1. The quantitative estimate of drug-likeness (QED) is 0.881. The van der Waals surface area contributed by atoms with Crippen LogP contribution >= 0.6 is 0 Å². The highest BCUT2D eigenvalue weighted by Crippen LogP contribution is 2.34. The van der Waals surface area contributed by atoms with Gasteiger partial charge in [0.05, 0.1) is 0 Å². The predicted octanol–water partition coefficient (Wildman–Crippen LogP) is 3.80. The first-order chi connectivity index (χ1) is 13.0. The van der Waals surface area contributed by atoms with Crippen molar-refractivity contribution in [3.63, 3.8) is 0 Å². The van der Waals surface area contributed by atoms with E-state index in [1.807, 2.05) is 11.9 Å². The summed E-state index contributed by atoms with van der Waals surface area (Å²) in [5, 5.41) is 3.78. The number of carbonyl (C=O) groups excluding carboxylic acids is 1. The minimum Gasteiger partial charge on any atom is -0.379 e. The van der Waals surface area contributed by atoms with Crippen LogP contribution in [0, 0.1) is 6.92 Å². The highest BCUT2D eigenvalue weighted by molar-refractivity contribution is 5.79. The summed E-state index contributed by atoms with van der Waals surface area (Å²) in [6, 6.07) is 17.2. The van der Waals surface area contributed by atoms with E-state index in [0.717, 1.165) is 32.5 Å². The van der Waals surface area contributed by atoms with E-state index >= 15 is 0 Å². The summed E-state index contributed by atoms with van der Waals surface area (Å²) in [6.07, 6.45) is 2.57. The Hall–Kier alpha value is -2.33. The Morgan fingerprint density at radius 3 is 2.48 bits per heavy atom. The Labute approximate surface area is 162 Å². The normalized spacial score (nSPS) is 19.9. The van der Waals surface area contributed by atoms with Gasteiger partial charge in [-0.15, -0.1) is 0 Å². The summed E-state index contributed by atoms with van der Waals surface area (Å²) >= 11 is 0. The maximum atomic E-state index is 12.7. The number of carbonyl (C=O) groups is 1. The number of benzene rings is 2. The number of anilines is 1. The number of nitrogens with one attached hydrogen (secondary N) is 1. The van der Waals surface area contributed by atoms with Crippen LogP contribution in [0.4, 0.5) is 5.69 Å². The lowest BCUT2D eigenvalue weighted by atomic mass is 9.82. The highest BCUT2D eigenvalue weighted by atomic mass is 16.2. The van der Waals surface area contributed by atoms with Gasteiger partial charge in [0.25, 0.3) is 0 Å². The van der Waals surface area contributed by atoms with E-state index < -0.39 is 0 Å². The van der Waals surface area contributed by atoms with Gasteiger partial charge in [0.15, 0.2) is 0 Å². The molecule has 0 saturated carbocycles. The second-order valence-corrected chi connectivity index (χ2v) is 8.25. The predicted molar refractivity (Wildman–Crippen MR) is 110 cm³/mol. The van der Waals surface area contributed by atoms with Crippen LogP contribution in [0.15, 0.2) is 48.5 Å². The molecule has 4 rings (SSSR count). The second kappa shape index (κ2) is 7.35. The molecule has 0 unspecified atom stereocenters. The molecule has 0 aromatic heterocycles. The number of nitrogens with zero attached hydrogens (tertiary/aromatic N) is 2. The molecule has 1 fully saturated rings. The van der Waals surface area contributed by atoms with Crippen LogP contribution in [-0.4, -0.2) is 41.4 Å². The van der Waals surface area contributed by atoms with Gasteiger partial charge in [0.1, 0.15) is 0 Å². The molecule has 2 aliphatic heterocycles. The van der Waals surface area contributed by atoms with E-state index in [9.17, 15) is 4.79 Å². The summed E-state index contributed by atoms with van der Waals surface area (Å²) in [6.45, 7) is 5.82. The number of fused-ring (bicyclic) bond motifs is 1. The molecule has 0 atom stereocenters.